The maximum absolute atomic E-state index is 13.2. The Morgan fingerprint density at radius 2 is 1.79 bits per heavy atom. The Balaban J connectivity index is 1.28. The second-order valence-corrected chi connectivity index (χ2v) is 10.2. The molecule has 2 aliphatic heterocycles. The van der Waals surface area contributed by atoms with Crippen molar-refractivity contribution in [2.75, 3.05) is 48.9 Å². The Morgan fingerprint density at radius 1 is 1.09 bits per heavy atom. The molecule has 0 radical (unpaired) electrons. The second-order valence-electron chi connectivity index (χ2n) is 9.41. The third kappa shape index (κ3) is 6.01. The van der Waals surface area contributed by atoms with Crippen LogP contribution in [0.5, 0.6) is 0 Å². The van der Waals surface area contributed by atoms with Gasteiger partial charge in [-0.2, -0.15) is 0 Å². The zero-order valence-electron chi connectivity index (χ0n) is 19.9. The Kier molecular flexibility index (Phi) is 8.15. The fourth-order valence-electron chi connectivity index (χ4n) is 5.19. The molecular formula is C26H37N5OS. The summed E-state index contributed by atoms with van der Waals surface area (Å²) in [5.41, 5.74) is 10.8. The van der Waals surface area contributed by atoms with Crippen molar-refractivity contribution in [3.63, 3.8) is 0 Å². The number of likely N-dealkylation sites (tertiary alicyclic amines) is 2. The first-order valence-electron chi connectivity index (χ1n) is 12.1. The number of aromatic nitrogens is 1. The number of thioether (sulfide) groups is 1. The molecule has 0 atom stereocenters. The molecule has 2 N–H and O–H groups in total. The van der Waals surface area contributed by atoms with E-state index in [1.165, 1.54) is 11.1 Å². The highest BCUT2D eigenvalue weighted by molar-refractivity contribution is 7.98. The molecule has 7 heteroatoms. The Bertz CT molecular complexity index is 908. The number of rotatable bonds is 7. The van der Waals surface area contributed by atoms with Gasteiger partial charge in [-0.05, 0) is 87.3 Å². The number of nitrogen functional groups attached to an aromatic ring is 1. The summed E-state index contributed by atoms with van der Waals surface area (Å²) in [6.45, 7) is 6.69. The van der Waals surface area contributed by atoms with Crippen LogP contribution in [-0.4, -0.2) is 65.0 Å². The van der Waals surface area contributed by atoms with E-state index in [0.29, 0.717) is 11.9 Å². The number of carbonyl (C=O) groups is 1. The fourth-order valence-corrected chi connectivity index (χ4v) is 5.81. The van der Waals surface area contributed by atoms with Gasteiger partial charge in [-0.25, -0.2) is 0 Å². The SMILES string of the molecule is CSCN(c1ccc(C)cc1N)C1CCN(C(=O)C2CCN(Cc3ccncc3)CC2)CC1. The van der Waals surface area contributed by atoms with Crippen LogP contribution in [0.15, 0.2) is 42.7 Å². The summed E-state index contributed by atoms with van der Waals surface area (Å²) in [7, 11) is 0. The van der Waals surface area contributed by atoms with Gasteiger partial charge in [0.1, 0.15) is 0 Å². The van der Waals surface area contributed by atoms with Gasteiger partial charge in [-0.1, -0.05) is 6.07 Å². The van der Waals surface area contributed by atoms with Gasteiger partial charge in [0.2, 0.25) is 5.91 Å². The lowest BCUT2D eigenvalue weighted by molar-refractivity contribution is -0.138. The van der Waals surface area contributed by atoms with Crippen molar-refractivity contribution in [2.24, 2.45) is 5.92 Å². The quantitative estimate of drug-likeness (QED) is 0.490. The molecule has 0 aliphatic carbocycles. The largest absolute Gasteiger partial charge is 0.397 e. The maximum atomic E-state index is 13.2. The highest BCUT2D eigenvalue weighted by Gasteiger charge is 2.32. The second kappa shape index (κ2) is 11.3. The predicted octanol–water partition coefficient (Wildman–Crippen LogP) is 4.00. The number of piperidine rings is 2. The average molecular weight is 468 g/mol. The maximum Gasteiger partial charge on any atom is 0.225 e. The molecule has 3 heterocycles. The summed E-state index contributed by atoms with van der Waals surface area (Å²) in [5.74, 6) is 1.45. The monoisotopic (exact) mass is 467 g/mol. The van der Waals surface area contributed by atoms with Gasteiger partial charge in [0.25, 0.3) is 0 Å². The molecule has 178 valence electrons. The average Bonchev–Trinajstić information content (AvgIpc) is 2.84. The Hall–Kier alpha value is -2.25. The van der Waals surface area contributed by atoms with Crippen molar-refractivity contribution in [2.45, 2.75) is 45.2 Å². The third-order valence-corrected chi connectivity index (χ3v) is 7.61. The highest BCUT2D eigenvalue weighted by atomic mass is 32.2. The summed E-state index contributed by atoms with van der Waals surface area (Å²) < 4.78 is 0. The van der Waals surface area contributed by atoms with E-state index in [1.54, 1.807) is 0 Å². The first kappa shape index (κ1) is 23.9. The summed E-state index contributed by atoms with van der Waals surface area (Å²) in [6, 6.07) is 10.9. The lowest BCUT2D eigenvalue weighted by Gasteiger charge is -2.41. The van der Waals surface area contributed by atoms with Crippen LogP contribution in [0.25, 0.3) is 0 Å². The standard InChI is InChI=1S/C26H37N5OS/c1-20-3-4-25(24(27)17-20)31(19-33-2)23-9-15-30(16-10-23)26(32)22-7-13-29(14-8-22)18-21-5-11-28-12-6-21/h3-6,11-12,17,22-23H,7-10,13-16,18-19,27H2,1-2H3. The molecule has 1 amide bonds. The molecule has 1 aromatic heterocycles. The van der Waals surface area contributed by atoms with E-state index in [-0.39, 0.29) is 5.92 Å². The van der Waals surface area contributed by atoms with Gasteiger partial charge < -0.3 is 15.5 Å². The number of aryl methyl sites for hydroxylation is 1. The number of nitrogens with two attached hydrogens (primary N) is 1. The molecule has 2 aromatic rings. The van der Waals surface area contributed by atoms with Gasteiger partial charge in [0.15, 0.2) is 0 Å². The van der Waals surface area contributed by atoms with Crippen molar-refractivity contribution >= 4 is 29.0 Å². The number of nitrogens with zero attached hydrogens (tertiary/aromatic N) is 4. The van der Waals surface area contributed by atoms with Gasteiger partial charge in [-0.15, -0.1) is 11.8 Å². The number of anilines is 2. The minimum atomic E-state index is 0.172. The molecule has 0 unspecified atom stereocenters. The molecular weight excluding hydrogens is 430 g/mol. The summed E-state index contributed by atoms with van der Waals surface area (Å²) in [6.07, 6.45) is 9.76. The zero-order valence-corrected chi connectivity index (χ0v) is 20.8. The Labute approximate surface area is 202 Å². The van der Waals surface area contributed by atoms with Crippen molar-refractivity contribution < 1.29 is 4.79 Å². The number of benzene rings is 1. The summed E-state index contributed by atoms with van der Waals surface area (Å²) >= 11 is 1.82. The van der Waals surface area contributed by atoms with E-state index in [4.69, 9.17) is 5.73 Å². The Morgan fingerprint density at radius 3 is 2.42 bits per heavy atom. The molecule has 4 rings (SSSR count). The number of pyridine rings is 1. The first-order valence-corrected chi connectivity index (χ1v) is 13.5. The number of amides is 1. The molecule has 2 saturated heterocycles. The van der Waals surface area contributed by atoms with E-state index < -0.39 is 0 Å². The first-order chi connectivity index (χ1) is 16.0. The summed E-state index contributed by atoms with van der Waals surface area (Å²) in [4.78, 5) is 24.4. The molecule has 0 bridgehead atoms. The minimum Gasteiger partial charge on any atom is -0.397 e. The van der Waals surface area contributed by atoms with Crippen LogP contribution in [0.4, 0.5) is 11.4 Å². The van der Waals surface area contributed by atoms with Crippen molar-refractivity contribution in [1.82, 2.24) is 14.8 Å². The molecule has 0 spiro atoms. The van der Waals surface area contributed by atoms with Crippen LogP contribution in [0.2, 0.25) is 0 Å². The fraction of sp³-hybridized carbons (Fsp3) is 0.538. The van der Waals surface area contributed by atoms with E-state index in [9.17, 15) is 4.79 Å². The van der Waals surface area contributed by atoms with Crippen LogP contribution in [0, 0.1) is 12.8 Å². The smallest absolute Gasteiger partial charge is 0.225 e. The van der Waals surface area contributed by atoms with Crippen LogP contribution < -0.4 is 10.6 Å². The molecule has 1 aromatic carbocycles. The molecule has 33 heavy (non-hydrogen) atoms. The molecule has 2 aliphatic rings. The molecule has 6 nitrogen and oxygen atoms in total. The number of carbonyl (C=O) groups excluding carboxylic acids is 1. The topological polar surface area (TPSA) is 65.7 Å². The number of hydrogen-bond donors (Lipinski definition) is 1. The van der Waals surface area contributed by atoms with Crippen LogP contribution >= 0.6 is 11.8 Å². The van der Waals surface area contributed by atoms with Gasteiger partial charge in [0, 0.05) is 44.0 Å². The van der Waals surface area contributed by atoms with Gasteiger partial charge in [0.05, 0.1) is 17.3 Å². The number of hydrogen-bond acceptors (Lipinski definition) is 6. The van der Waals surface area contributed by atoms with Gasteiger partial charge in [-0.3, -0.25) is 14.7 Å². The van der Waals surface area contributed by atoms with Crippen molar-refractivity contribution in [3.05, 3.63) is 53.9 Å². The van der Waals surface area contributed by atoms with Crippen LogP contribution in [-0.2, 0) is 11.3 Å². The lowest BCUT2D eigenvalue weighted by Crippen LogP contribution is -2.49. The normalized spacial score (nSPS) is 18.4. The van der Waals surface area contributed by atoms with E-state index in [1.807, 2.05) is 24.2 Å². The highest BCUT2D eigenvalue weighted by Crippen LogP contribution is 2.31. The predicted molar refractivity (Wildman–Crippen MR) is 138 cm³/mol. The lowest BCUT2D eigenvalue weighted by atomic mass is 9.93. The van der Waals surface area contributed by atoms with E-state index >= 15 is 0 Å². The molecule has 2 fully saturated rings. The van der Waals surface area contributed by atoms with E-state index in [2.05, 4.69) is 63.2 Å². The van der Waals surface area contributed by atoms with E-state index in [0.717, 1.165) is 75.7 Å². The van der Waals surface area contributed by atoms with Gasteiger partial charge >= 0.3 is 0 Å². The zero-order chi connectivity index (χ0) is 23.2. The summed E-state index contributed by atoms with van der Waals surface area (Å²) in [5, 5.41) is 0. The van der Waals surface area contributed by atoms with Crippen molar-refractivity contribution in [3.8, 4) is 0 Å². The third-order valence-electron chi connectivity index (χ3n) is 7.07. The van der Waals surface area contributed by atoms with Crippen LogP contribution in [0.1, 0.15) is 36.8 Å². The van der Waals surface area contributed by atoms with Crippen LogP contribution in [0.3, 0.4) is 0 Å². The minimum absolute atomic E-state index is 0.172. The van der Waals surface area contributed by atoms with Crippen molar-refractivity contribution in [1.29, 1.82) is 0 Å². The molecule has 0 saturated carbocycles.